The van der Waals surface area contributed by atoms with Crippen molar-refractivity contribution in [3.8, 4) is 5.75 Å². The fourth-order valence-electron chi connectivity index (χ4n) is 1.89. The topological polar surface area (TPSA) is 37.3 Å². The summed E-state index contributed by atoms with van der Waals surface area (Å²) in [7, 11) is 0. The zero-order valence-electron chi connectivity index (χ0n) is 10.2. The van der Waals surface area contributed by atoms with E-state index in [4.69, 9.17) is 0 Å². The molecule has 0 spiro atoms. The summed E-state index contributed by atoms with van der Waals surface area (Å²) in [6, 6.07) is 16.9. The normalized spacial score (nSPS) is 10.2. The minimum atomic E-state index is 0.153. The molecule has 0 aliphatic rings. The monoisotopic (exact) mass is 240 g/mol. The van der Waals surface area contributed by atoms with Crippen LogP contribution in [0.1, 0.15) is 17.5 Å². The van der Waals surface area contributed by atoms with Crippen molar-refractivity contribution in [2.24, 2.45) is 0 Å². The van der Waals surface area contributed by atoms with Gasteiger partial charge in [-0.25, -0.2) is 0 Å². The number of rotatable bonds is 5. The van der Waals surface area contributed by atoms with E-state index >= 15 is 0 Å². The molecule has 0 heterocycles. The van der Waals surface area contributed by atoms with Crippen molar-refractivity contribution in [3.63, 3.8) is 0 Å². The number of carbonyl (C=O) groups is 1. The Balaban J connectivity index is 1.88. The standard InChI is InChI=1S/C16H16O2/c17-15(11-10-13-6-2-1-3-7-13)12-14-8-4-5-9-16(14)18/h1-9,18H,10-12H2. The van der Waals surface area contributed by atoms with Crippen LogP contribution in [0.3, 0.4) is 0 Å². The van der Waals surface area contributed by atoms with Gasteiger partial charge >= 0.3 is 0 Å². The molecule has 0 atom stereocenters. The lowest BCUT2D eigenvalue weighted by Gasteiger charge is -2.04. The summed E-state index contributed by atoms with van der Waals surface area (Å²) < 4.78 is 0. The molecular formula is C16H16O2. The second kappa shape index (κ2) is 6.01. The number of carbonyl (C=O) groups excluding carboxylic acids is 1. The maximum Gasteiger partial charge on any atom is 0.137 e. The highest BCUT2D eigenvalue weighted by Gasteiger charge is 2.07. The van der Waals surface area contributed by atoms with Gasteiger partial charge in [0, 0.05) is 18.4 Å². The van der Waals surface area contributed by atoms with Crippen LogP contribution in [0.15, 0.2) is 54.6 Å². The molecule has 2 rings (SSSR count). The van der Waals surface area contributed by atoms with Crippen molar-refractivity contribution in [3.05, 3.63) is 65.7 Å². The van der Waals surface area contributed by atoms with Crippen LogP contribution in [-0.4, -0.2) is 10.9 Å². The lowest BCUT2D eigenvalue weighted by atomic mass is 10.0. The van der Waals surface area contributed by atoms with E-state index in [0.717, 1.165) is 6.42 Å². The van der Waals surface area contributed by atoms with Crippen LogP contribution in [0.5, 0.6) is 5.75 Å². The van der Waals surface area contributed by atoms with Crippen molar-refractivity contribution in [2.75, 3.05) is 0 Å². The van der Waals surface area contributed by atoms with Gasteiger partial charge in [0.25, 0.3) is 0 Å². The van der Waals surface area contributed by atoms with Crippen LogP contribution in [0, 0.1) is 0 Å². The van der Waals surface area contributed by atoms with Gasteiger partial charge in [-0.15, -0.1) is 0 Å². The summed E-state index contributed by atoms with van der Waals surface area (Å²) in [5, 5.41) is 9.59. The average Bonchev–Trinajstić information content (AvgIpc) is 2.40. The third kappa shape index (κ3) is 3.45. The molecule has 0 aromatic heterocycles. The number of hydrogen-bond donors (Lipinski definition) is 1. The molecular weight excluding hydrogens is 224 g/mol. The molecule has 0 fully saturated rings. The predicted octanol–water partition coefficient (Wildman–Crippen LogP) is 3.14. The SMILES string of the molecule is O=C(CCc1ccccc1)Cc1ccccc1O. The number of hydrogen-bond acceptors (Lipinski definition) is 2. The molecule has 18 heavy (non-hydrogen) atoms. The Bertz CT molecular complexity index is 518. The van der Waals surface area contributed by atoms with Gasteiger partial charge in [0.05, 0.1) is 0 Å². The lowest BCUT2D eigenvalue weighted by Crippen LogP contribution is -2.04. The van der Waals surface area contributed by atoms with E-state index in [1.165, 1.54) is 5.56 Å². The van der Waals surface area contributed by atoms with Gasteiger partial charge in [-0.2, -0.15) is 0 Å². The second-order valence-electron chi connectivity index (χ2n) is 4.33. The average molecular weight is 240 g/mol. The first-order valence-corrected chi connectivity index (χ1v) is 6.08. The van der Waals surface area contributed by atoms with E-state index in [2.05, 4.69) is 0 Å². The fraction of sp³-hybridized carbons (Fsp3) is 0.188. The minimum Gasteiger partial charge on any atom is -0.508 e. The summed E-state index contributed by atoms with van der Waals surface area (Å²) in [5.74, 6) is 0.353. The Labute approximate surface area is 107 Å². The number of para-hydroxylation sites is 1. The summed E-state index contributed by atoms with van der Waals surface area (Å²) >= 11 is 0. The molecule has 0 amide bonds. The van der Waals surface area contributed by atoms with E-state index in [-0.39, 0.29) is 11.5 Å². The van der Waals surface area contributed by atoms with Crippen LogP contribution in [0.2, 0.25) is 0 Å². The Hall–Kier alpha value is -2.09. The van der Waals surface area contributed by atoms with Gasteiger partial charge in [-0.05, 0) is 18.1 Å². The number of benzene rings is 2. The number of phenolic OH excluding ortho intramolecular Hbond substituents is 1. The molecule has 2 aromatic rings. The van der Waals surface area contributed by atoms with E-state index in [0.29, 0.717) is 18.4 Å². The van der Waals surface area contributed by atoms with Gasteiger partial charge in [-0.3, -0.25) is 4.79 Å². The van der Waals surface area contributed by atoms with Crippen LogP contribution < -0.4 is 0 Å². The molecule has 92 valence electrons. The molecule has 0 saturated heterocycles. The molecule has 2 aromatic carbocycles. The fourth-order valence-corrected chi connectivity index (χ4v) is 1.89. The van der Waals surface area contributed by atoms with E-state index in [1.807, 2.05) is 36.4 Å². The molecule has 2 heteroatoms. The Kier molecular flexibility index (Phi) is 4.13. The minimum absolute atomic E-state index is 0.153. The van der Waals surface area contributed by atoms with E-state index in [9.17, 15) is 9.90 Å². The van der Waals surface area contributed by atoms with E-state index < -0.39 is 0 Å². The molecule has 1 N–H and O–H groups in total. The van der Waals surface area contributed by atoms with Crippen LogP contribution in [-0.2, 0) is 17.6 Å². The van der Waals surface area contributed by atoms with Gasteiger partial charge in [0.1, 0.15) is 11.5 Å². The highest BCUT2D eigenvalue weighted by Crippen LogP contribution is 2.17. The first-order chi connectivity index (χ1) is 8.75. The molecule has 0 unspecified atom stereocenters. The number of ketones is 1. The van der Waals surface area contributed by atoms with Gasteiger partial charge in [-0.1, -0.05) is 48.5 Å². The Morgan fingerprint density at radius 1 is 0.944 bits per heavy atom. The Morgan fingerprint density at radius 2 is 1.61 bits per heavy atom. The molecule has 0 saturated carbocycles. The lowest BCUT2D eigenvalue weighted by molar-refractivity contribution is -0.118. The van der Waals surface area contributed by atoms with Crippen LogP contribution in [0.25, 0.3) is 0 Å². The molecule has 0 aliphatic heterocycles. The maximum atomic E-state index is 11.8. The summed E-state index contributed by atoms with van der Waals surface area (Å²) in [6.07, 6.45) is 1.57. The van der Waals surface area contributed by atoms with Gasteiger partial charge < -0.3 is 5.11 Å². The van der Waals surface area contributed by atoms with Crippen molar-refractivity contribution >= 4 is 5.78 Å². The van der Waals surface area contributed by atoms with Crippen molar-refractivity contribution < 1.29 is 9.90 Å². The summed E-state index contributed by atoms with van der Waals surface area (Å²) in [5.41, 5.74) is 1.87. The zero-order chi connectivity index (χ0) is 12.8. The van der Waals surface area contributed by atoms with Crippen LogP contribution in [0.4, 0.5) is 0 Å². The summed E-state index contributed by atoms with van der Waals surface area (Å²) in [6.45, 7) is 0. The number of Topliss-reactive ketones (excluding diaryl/α,β-unsaturated/α-hetero) is 1. The third-order valence-electron chi connectivity index (χ3n) is 2.91. The first kappa shape index (κ1) is 12.4. The Morgan fingerprint density at radius 3 is 2.33 bits per heavy atom. The largest absolute Gasteiger partial charge is 0.508 e. The predicted molar refractivity (Wildman–Crippen MR) is 71.6 cm³/mol. The second-order valence-corrected chi connectivity index (χ2v) is 4.33. The number of phenols is 1. The van der Waals surface area contributed by atoms with E-state index in [1.54, 1.807) is 18.2 Å². The van der Waals surface area contributed by atoms with Crippen LogP contribution >= 0.6 is 0 Å². The van der Waals surface area contributed by atoms with Gasteiger partial charge in [0.2, 0.25) is 0 Å². The van der Waals surface area contributed by atoms with Crippen molar-refractivity contribution in [1.29, 1.82) is 0 Å². The molecule has 2 nitrogen and oxygen atoms in total. The highest BCUT2D eigenvalue weighted by atomic mass is 16.3. The summed E-state index contributed by atoms with van der Waals surface area (Å²) in [4.78, 5) is 11.8. The maximum absolute atomic E-state index is 11.8. The first-order valence-electron chi connectivity index (χ1n) is 6.08. The molecule has 0 aliphatic carbocycles. The third-order valence-corrected chi connectivity index (χ3v) is 2.91. The quantitative estimate of drug-likeness (QED) is 0.871. The van der Waals surface area contributed by atoms with Crippen molar-refractivity contribution in [1.82, 2.24) is 0 Å². The number of aryl methyl sites for hydroxylation is 1. The zero-order valence-corrected chi connectivity index (χ0v) is 10.2. The number of aromatic hydroxyl groups is 1. The highest BCUT2D eigenvalue weighted by molar-refractivity contribution is 5.81. The smallest absolute Gasteiger partial charge is 0.137 e. The molecule has 0 radical (unpaired) electrons. The molecule has 0 bridgehead atoms. The van der Waals surface area contributed by atoms with Gasteiger partial charge in [0.15, 0.2) is 0 Å². The van der Waals surface area contributed by atoms with Crippen molar-refractivity contribution in [2.45, 2.75) is 19.3 Å².